The molecule has 0 aromatic carbocycles. The molecule has 0 fully saturated rings. The largest absolute Gasteiger partial charge is 0.382 e. The maximum atomic E-state index is 12.9. The van der Waals surface area contributed by atoms with Crippen molar-refractivity contribution >= 4 is 23.5 Å². The van der Waals surface area contributed by atoms with E-state index in [4.69, 9.17) is 22.9 Å². The molecule has 1 aromatic rings. The van der Waals surface area contributed by atoms with Crippen molar-refractivity contribution in [3.8, 4) is 0 Å². The van der Waals surface area contributed by atoms with Gasteiger partial charge in [0, 0.05) is 0 Å². The minimum atomic E-state index is -1.11. The van der Waals surface area contributed by atoms with Crippen LogP contribution in [-0.4, -0.2) is 21.8 Å². The SMILES string of the molecule is NC(N)=NNC(=O)c1nc(F)c(N)nc1N. The highest BCUT2D eigenvalue weighted by molar-refractivity contribution is 5.96. The monoisotopic (exact) mass is 228 g/mol. The molecular weight excluding hydrogens is 219 g/mol. The zero-order valence-electron chi connectivity index (χ0n) is 7.94. The molecule has 0 saturated heterocycles. The zero-order valence-corrected chi connectivity index (χ0v) is 7.94. The highest BCUT2D eigenvalue weighted by atomic mass is 19.1. The van der Waals surface area contributed by atoms with Crippen molar-refractivity contribution in [3.63, 3.8) is 0 Å². The Bertz CT molecular complexity index is 454. The van der Waals surface area contributed by atoms with Crippen molar-refractivity contribution in [2.24, 2.45) is 16.6 Å². The Morgan fingerprint density at radius 2 is 1.88 bits per heavy atom. The average molecular weight is 228 g/mol. The van der Waals surface area contributed by atoms with Gasteiger partial charge in [-0.1, -0.05) is 0 Å². The molecule has 0 saturated carbocycles. The van der Waals surface area contributed by atoms with Gasteiger partial charge in [0.2, 0.25) is 5.96 Å². The minimum Gasteiger partial charge on any atom is -0.382 e. The smallest absolute Gasteiger partial charge is 0.294 e. The van der Waals surface area contributed by atoms with Gasteiger partial charge >= 0.3 is 0 Å². The first kappa shape index (κ1) is 11.4. The number of nitrogen functional groups attached to an aromatic ring is 2. The Labute approximate surface area is 88.7 Å². The molecule has 86 valence electrons. The number of hydrogen-bond acceptors (Lipinski definition) is 6. The van der Waals surface area contributed by atoms with Crippen LogP contribution in [0, 0.1) is 5.95 Å². The summed E-state index contributed by atoms with van der Waals surface area (Å²) >= 11 is 0. The number of aromatic nitrogens is 2. The van der Waals surface area contributed by atoms with E-state index in [2.05, 4.69) is 15.1 Å². The average Bonchev–Trinajstić information content (AvgIpc) is 2.20. The zero-order chi connectivity index (χ0) is 12.3. The Morgan fingerprint density at radius 1 is 1.25 bits per heavy atom. The van der Waals surface area contributed by atoms with Crippen LogP contribution in [0.3, 0.4) is 0 Å². The minimum absolute atomic E-state index is 0.331. The van der Waals surface area contributed by atoms with E-state index in [1.54, 1.807) is 0 Å². The number of halogens is 1. The summed E-state index contributed by atoms with van der Waals surface area (Å²) in [7, 11) is 0. The lowest BCUT2D eigenvalue weighted by Gasteiger charge is -2.03. The van der Waals surface area contributed by atoms with Crippen LogP contribution < -0.4 is 28.4 Å². The molecule has 9 N–H and O–H groups in total. The quantitative estimate of drug-likeness (QED) is 0.215. The van der Waals surface area contributed by atoms with Crippen LogP contribution in [0.5, 0.6) is 0 Å². The second kappa shape index (κ2) is 4.25. The number of nitrogens with one attached hydrogen (secondary N) is 1. The van der Waals surface area contributed by atoms with Gasteiger partial charge in [-0.05, 0) is 0 Å². The lowest BCUT2D eigenvalue weighted by atomic mass is 10.4. The Balaban J connectivity index is 3.00. The number of guanidine groups is 1. The van der Waals surface area contributed by atoms with Crippen molar-refractivity contribution < 1.29 is 9.18 Å². The van der Waals surface area contributed by atoms with Crippen molar-refractivity contribution in [2.75, 3.05) is 11.5 Å². The van der Waals surface area contributed by atoms with Crippen LogP contribution in [0.25, 0.3) is 0 Å². The molecule has 1 heterocycles. The number of amides is 1. The molecule has 0 spiro atoms. The third-order valence-corrected chi connectivity index (χ3v) is 1.41. The van der Waals surface area contributed by atoms with Crippen molar-refractivity contribution in [2.45, 2.75) is 0 Å². The summed E-state index contributed by atoms with van der Waals surface area (Å²) in [6.45, 7) is 0. The lowest BCUT2D eigenvalue weighted by molar-refractivity contribution is 0.0949. The molecule has 0 atom stereocenters. The molecule has 0 bridgehead atoms. The molecule has 16 heavy (non-hydrogen) atoms. The fraction of sp³-hybridized carbons (Fsp3) is 0. The van der Waals surface area contributed by atoms with E-state index in [1.807, 2.05) is 5.43 Å². The van der Waals surface area contributed by atoms with Gasteiger partial charge in [0.1, 0.15) is 0 Å². The number of carbonyl (C=O) groups excluding carboxylic acids is 1. The third kappa shape index (κ3) is 2.43. The van der Waals surface area contributed by atoms with Gasteiger partial charge < -0.3 is 22.9 Å². The number of hydrogen-bond donors (Lipinski definition) is 5. The number of nitrogens with zero attached hydrogens (tertiary/aromatic N) is 3. The van der Waals surface area contributed by atoms with Crippen LogP contribution in [0.15, 0.2) is 5.10 Å². The molecule has 1 rings (SSSR count). The summed E-state index contributed by atoms with van der Waals surface area (Å²) in [4.78, 5) is 17.9. The Hall–Kier alpha value is -2.65. The van der Waals surface area contributed by atoms with E-state index in [0.29, 0.717) is 0 Å². The van der Waals surface area contributed by atoms with Crippen LogP contribution in [0.4, 0.5) is 16.0 Å². The predicted molar refractivity (Wildman–Crippen MR) is 54.1 cm³/mol. The molecule has 0 aliphatic carbocycles. The molecule has 1 aromatic heterocycles. The normalized spacial score (nSPS) is 9.56. The Kier molecular flexibility index (Phi) is 3.03. The first-order valence-electron chi connectivity index (χ1n) is 3.89. The molecule has 1 amide bonds. The summed E-state index contributed by atoms with van der Waals surface area (Å²) in [6, 6.07) is 0. The van der Waals surface area contributed by atoms with Gasteiger partial charge in [0.25, 0.3) is 11.9 Å². The van der Waals surface area contributed by atoms with Crippen LogP contribution in [-0.2, 0) is 0 Å². The second-order valence-electron chi connectivity index (χ2n) is 2.61. The molecule has 0 unspecified atom stereocenters. The van der Waals surface area contributed by atoms with Gasteiger partial charge in [-0.2, -0.15) is 4.39 Å². The molecule has 0 aliphatic rings. The van der Waals surface area contributed by atoms with Crippen molar-refractivity contribution in [1.82, 2.24) is 15.4 Å². The second-order valence-corrected chi connectivity index (χ2v) is 2.61. The summed E-state index contributed by atoms with van der Waals surface area (Å²) in [5.41, 5.74) is 21.7. The summed E-state index contributed by atoms with van der Waals surface area (Å²) in [5.74, 6) is -3.23. The van der Waals surface area contributed by atoms with Crippen LogP contribution >= 0.6 is 0 Å². The first-order chi connectivity index (χ1) is 7.41. The summed E-state index contributed by atoms with van der Waals surface area (Å²) < 4.78 is 12.9. The molecule has 9 nitrogen and oxygen atoms in total. The molecule has 10 heteroatoms. The lowest BCUT2D eigenvalue weighted by Crippen LogP contribution is -2.30. The Morgan fingerprint density at radius 3 is 2.44 bits per heavy atom. The number of hydrazone groups is 1. The first-order valence-corrected chi connectivity index (χ1v) is 3.89. The number of nitrogens with two attached hydrogens (primary N) is 4. The van der Waals surface area contributed by atoms with Gasteiger partial charge in [0.15, 0.2) is 17.3 Å². The number of carbonyl (C=O) groups is 1. The molecule has 0 aliphatic heterocycles. The number of rotatable bonds is 2. The topological polar surface area (TPSA) is 171 Å². The van der Waals surface area contributed by atoms with Crippen LogP contribution in [0.2, 0.25) is 0 Å². The highest BCUT2D eigenvalue weighted by Crippen LogP contribution is 2.10. The predicted octanol–water partition coefficient (Wildman–Crippen LogP) is -2.30. The maximum Gasteiger partial charge on any atom is 0.294 e. The van der Waals surface area contributed by atoms with Gasteiger partial charge in [-0.15, -0.1) is 5.10 Å². The van der Waals surface area contributed by atoms with Gasteiger partial charge in [0.05, 0.1) is 0 Å². The standard InChI is InChI=1S/C6H9FN8O/c7-2-4(9)13-3(8)1(12-2)5(16)14-15-6(10)11/h(H,14,16)(H4,8,9,13)(H4,10,11,15). The van der Waals surface area contributed by atoms with E-state index >= 15 is 0 Å². The van der Waals surface area contributed by atoms with Crippen molar-refractivity contribution in [3.05, 3.63) is 11.6 Å². The van der Waals surface area contributed by atoms with E-state index in [9.17, 15) is 9.18 Å². The number of anilines is 2. The maximum absolute atomic E-state index is 12.9. The van der Waals surface area contributed by atoms with Crippen molar-refractivity contribution in [1.29, 1.82) is 0 Å². The van der Waals surface area contributed by atoms with E-state index < -0.39 is 23.4 Å². The van der Waals surface area contributed by atoms with E-state index in [0.717, 1.165) is 0 Å². The fourth-order valence-electron chi connectivity index (χ4n) is 0.777. The third-order valence-electron chi connectivity index (χ3n) is 1.41. The van der Waals surface area contributed by atoms with Gasteiger partial charge in [-0.3, -0.25) is 4.79 Å². The van der Waals surface area contributed by atoms with Crippen LogP contribution in [0.1, 0.15) is 10.5 Å². The highest BCUT2D eigenvalue weighted by Gasteiger charge is 2.16. The van der Waals surface area contributed by atoms with E-state index in [-0.39, 0.29) is 11.8 Å². The molecular formula is C6H9FN8O. The summed E-state index contributed by atoms with van der Waals surface area (Å²) in [5, 5.41) is 3.19. The fourth-order valence-corrected chi connectivity index (χ4v) is 0.777. The van der Waals surface area contributed by atoms with E-state index in [1.165, 1.54) is 0 Å². The van der Waals surface area contributed by atoms with Gasteiger partial charge in [-0.25, -0.2) is 15.4 Å². The molecule has 0 radical (unpaired) electrons. The summed E-state index contributed by atoms with van der Waals surface area (Å²) in [6.07, 6.45) is 0.